The van der Waals surface area contributed by atoms with Gasteiger partial charge >= 0.3 is 0 Å². The fourth-order valence-corrected chi connectivity index (χ4v) is 2.52. The van der Waals surface area contributed by atoms with E-state index in [1.54, 1.807) is 14.2 Å². The lowest BCUT2D eigenvalue weighted by molar-refractivity contribution is 0.386. The predicted molar refractivity (Wildman–Crippen MR) is 96.1 cm³/mol. The lowest BCUT2D eigenvalue weighted by Crippen LogP contribution is -1.97. The molecule has 0 unspecified atom stereocenters. The third-order valence-electron chi connectivity index (χ3n) is 3.47. The van der Waals surface area contributed by atoms with E-state index in [4.69, 9.17) is 21.7 Å². The molecule has 0 saturated heterocycles. The predicted octanol–water partition coefficient (Wildman–Crippen LogP) is 4.70. The van der Waals surface area contributed by atoms with Gasteiger partial charge in [-0.3, -0.25) is 0 Å². The SMILES string of the molecule is CCc1c(OC)cc(C=CC(=S)c2ccccc2)cc1OC. The van der Waals surface area contributed by atoms with Gasteiger partial charge in [0.1, 0.15) is 11.5 Å². The second-order valence-electron chi connectivity index (χ2n) is 4.82. The summed E-state index contributed by atoms with van der Waals surface area (Å²) in [6.45, 7) is 2.08. The Labute approximate surface area is 137 Å². The molecule has 0 heterocycles. The number of ether oxygens (including phenoxy) is 2. The van der Waals surface area contributed by atoms with Crippen molar-refractivity contribution >= 4 is 23.2 Å². The van der Waals surface area contributed by atoms with Crippen LogP contribution in [0.2, 0.25) is 0 Å². The topological polar surface area (TPSA) is 18.5 Å². The summed E-state index contributed by atoms with van der Waals surface area (Å²) in [6, 6.07) is 14.0. The molecule has 0 atom stereocenters. The molecule has 2 aromatic carbocycles. The first-order valence-electron chi connectivity index (χ1n) is 7.22. The van der Waals surface area contributed by atoms with Crippen LogP contribution in [0.3, 0.4) is 0 Å². The molecule has 0 N–H and O–H groups in total. The van der Waals surface area contributed by atoms with Gasteiger partial charge in [-0.25, -0.2) is 0 Å². The van der Waals surface area contributed by atoms with Gasteiger partial charge in [0.05, 0.1) is 14.2 Å². The monoisotopic (exact) mass is 312 g/mol. The van der Waals surface area contributed by atoms with Gasteiger partial charge in [0.15, 0.2) is 0 Å². The number of methoxy groups -OCH3 is 2. The van der Waals surface area contributed by atoms with Gasteiger partial charge in [0, 0.05) is 10.4 Å². The summed E-state index contributed by atoms with van der Waals surface area (Å²) in [4.78, 5) is 0.804. The summed E-state index contributed by atoms with van der Waals surface area (Å²) in [7, 11) is 3.35. The van der Waals surface area contributed by atoms with Crippen LogP contribution < -0.4 is 9.47 Å². The Kier molecular flexibility index (Phi) is 5.73. The number of allylic oxidation sites excluding steroid dienone is 1. The van der Waals surface area contributed by atoms with Crippen molar-refractivity contribution in [1.29, 1.82) is 0 Å². The number of rotatable bonds is 6. The van der Waals surface area contributed by atoms with Gasteiger partial charge in [-0.15, -0.1) is 0 Å². The molecule has 0 radical (unpaired) electrons. The number of thiocarbonyl (C=S) groups is 1. The first-order chi connectivity index (χ1) is 10.7. The Balaban J connectivity index is 2.29. The van der Waals surface area contributed by atoms with Crippen LogP contribution in [-0.2, 0) is 6.42 Å². The van der Waals surface area contributed by atoms with Crippen molar-refractivity contribution < 1.29 is 9.47 Å². The van der Waals surface area contributed by atoms with Crippen LogP contribution in [-0.4, -0.2) is 19.1 Å². The van der Waals surface area contributed by atoms with E-state index in [0.717, 1.165) is 39.5 Å². The highest BCUT2D eigenvalue weighted by Crippen LogP contribution is 2.31. The molecule has 0 amide bonds. The third-order valence-corrected chi connectivity index (χ3v) is 3.84. The first kappa shape index (κ1) is 16.2. The average molecular weight is 312 g/mol. The van der Waals surface area contributed by atoms with Crippen LogP contribution >= 0.6 is 12.2 Å². The zero-order valence-corrected chi connectivity index (χ0v) is 13.9. The molecule has 0 aliphatic rings. The molecular formula is C19H20O2S. The van der Waals surface area contributed by atoms with Crippen molar-refractivity contribution in [1.82, 2.24) is 0 Å². The normalized spacial score (nSPS) is 10.7. The highest BCUT2D eigenvalue weighted by Gasteiger charge is 2.09. The highest BCUT2D eigenvalue weighted by atomic mass is 32.1. The lowest BCUT2D eigenvalue weighted by atomic mass is 10.0. The first-order valence-corrected chi connectivity index (χ1v) is 7.62. The van der Waals surface area contributed by atoms with E-state index >= 15 is 0 Å². The summed E-state index contributed by atoms with van der Waals surface area (Å²) < 4.78 is 10.9. The largest absolute Gasteiger partial charge is 0.496 e. The fourth-order valence-electron chi connectivity index (χ4n) is 2.32. The fraction of sp³-hybridized carbons (Fsp3) is 0.211. The van der Waals surface area contributed by atoms with Crippen LogP contribution in [0.5, 0.6) is 11.5 Å². The molecular weight excluding hydrogens is 292 g/mol. The molecule has 22 heavy (non-hydrogen) atoms. The molecule has 3 heteroatoms. The molecule has 0 aliphatic carbocycles. The second-order valence-corrected chi connectivity index (χ2v) is 5.26. The maximum atomic E-state index is 5.46. The highest BCUT2D eigenvalue weighted by molar-refractivity contribution is 7.81. The van der Waals surface area contributed by atoms with Gasteiger partial charge in [0.25, 0.3) is 0 Å². The summed E-state index contributed by atoms with van der Waals surface area (Å²) in [6.07, 6.45) is 4.78. The van der Waals surface area contributed by atoms with Gasteiger partial charge in [0.2, 0.25) is 0 Å². The minimum atomic E-state index is 0.804. The van der Waals surface area contributed by atoms with Crippen LogP contribution in [0.15, 0.2) is 48.5 Å². The minimum absolute atomic E-state index is 0.804. The standard InChI is InChI=1S/C19H20O2S/c1-4-16-17(20-2)12-14(13-18(16)21-3)10-11-19(22)15-8-6-5-7-9-15/h5-13H,4H2,1-3H3. The molecule has 0 fully saturated rings. The van der Waals surface area contributed by atoms with Crippen LogP contribution in [0.4, 0.5) is 0 Å². The van der Waals surface area contributed by atoms with E-state index in [2.05, 4.69) is 6.92 Å². The minimum Gasteiger partial charge on any atom is -0.496 e. The van der Waals surface area contributed by atoms with Crippen molar-refractivity contribution in [3.8, 4) is 11.5 Å². The Bertz CT molecular complexity index is 650. The van der Waals surface area contributed by atoms with E-state index in [9.17, 15) is 0 Å². The van der Waals surface area contributed by atoms with E-state index in [1.807, 2.05) is 54.6 Å². The van der Waals surface area contributed by atoms with Crippen LogP contribution in [0, 0.1) is 0 Å². The van der Waals surface area contributed by atoms with Crippen LogP contribution in [0.25, 0.3) is 6.08 Å². The quantitative estimate of drug-likeness (QED) is 0.438. The Hall–Kier alpha value is -2.13. The smallest absolute Gasteiger partial charge is 0.126 e. The van der Waals surface area contributed by atoms with Gasteiger partial charge in [-0.2, -0.15) is 0 Å². The van der Waals surface area contributed by atoms with Crippen molar-refractivity contribution in [2.75, 3.05) is 14.2 Å². The van der Waals surface area contributed by atoms with Gasteiger partial charge in [-0.1, -0.05) is 55.5 Å². The molecule has 0 bridgehead atoms. The van der Waals surface area contributed by atoms with Crippen molar-refractivity contribution in [2.24, 2.45) is 0 Å². The zero-order chi connectivity index (χ0) is 15.9. The summed E-state index contributed by atoms with van der Waals surface area (Å²) in [5.41, 5.74) is 3.12. The van der Waals surface area contributed by atoms with Crippen molar-refractivity contribution in [3.63, 3.8) is 0 Å². The maximum Gasteiger partial charge on any atom is 0.126 e. The summed E-state index contributed by atoms with van der Waals surface area (Å²) >= 11 is 5.44. The maximum absolute atomic E-state index is 5.46. The molecule has 2 nitrogen and oxygen atoms in total. The van der Waals surface area contributed by atoms with Crippen molar-refractivity contribution in [3.05, 3.63) is 65.2 Å². The molecule has 2 aromatic rings. The second kappa shape index (κ2) is 7.76. The van der Waals surface area contributed by atoms with Crippen LogP contribution in [0.1, 0.15) is 23.6 Å². The number of hydrogen-bond acceptors (Lipinski definition) is 3. The number of benzene rings is 2. The lowest BCUT2D eigenvalue weighted by Gasteiger charge is -2.13. The number of hydrogen-bond donors (Lipinski definition) is 0. The summed E-state index contributed by atoms with van der Waals surface area (Å²) in [5, 5.41) is 0. The molecule has 0 aromatic heterocycles. The Morgan fingerprint density at radius 3 is 2.14 bits per heavy atom. The molecule has 0 aliphatic heterocycles. The molecule has 114 valence electrons. The van der Waals surface area contributed by atoms with Crippen molar-refractivity contribution in [2.45, 2.75) is 13.3 Å². The summed E-state index contributed by atoms with van der Waals surface area (Å²) in [5.74, 6) is 1.68. The van der Waals surface area contributed by atoms with E-state index in [0.29, 0.717) is 0 Å². The Morgan fingerprint density at radius 2 is 1.64 bits per heavy atom. The van der Waals surface area contributed by atoms with E-state index in [-0.39, 0.29) is 0 Å². The zero-order valence-electron chi connectivity index (χ0n) is 13.1. The van der Waals surface area contributed by atoms with E-state index < -0.39 is 0 Å². The molecule has 2 rings (SSSR count). The van der Waals surface area contributed by atoms with Gasteiger partial charge in [-0.05, 0) is 35.8 Å². The Morgan fingerprint density at radius 1 is 1.05 bits per heavy atom. The van der Waals surface area contributed by atoms with E-state index in [1.165, 1.54) is 0 Å². The average Bonchev–Trinajstić information content (AvgIpc) is 2.59. The van der Waals surface area contributed by atoms with Gasteiger partial charge < -0.3 is 9.47 Å². The molecule has 0 saturated carbocycles. The third kappa shape index (κ3) is 3.74. The molecule has 0 spiro atoms.